The number of rotatable bonds is 5. The largest absolute Gasteiger partial charge is 0.493 e. The van der Waals surface area contributed by atoms with E-state index < -0.39 is 0 Å². The number of amides is 1. The molecule has 7 heteroatoms. The molecule has 7 nitrogen and oxygen atoms in total. The van der Waals surface area contributed by atoms with Gasteiger partial charge in [0.1, 0.15) is 0 Å². The van der Waals surface area contributed by atoms with Crippen LogP contribution in [0.3, 0.4) is 0 Å². The van der Waals surface area contributed by atoms with Crippen molar-refractivity contribution in [3.8, 4) is 17.2 Å². The maximum atomic E-state index is 13.7. The first-order valence-corrected chi connectivity index (χ1v) is 11.3. The molecule has 1 aliphatic rings. The number of anilines is 1. The lowest BCUT2D eigenvalue weighted by atomic mass is 10.0. The first-order chi connectivity index (χ1) is 15.9. The Morgan fingerprint density at radius 3 is 2.15 bits per heavy atom. The topological polar surface area (TPSA) is 64.0 Å². The number of likely N-dealkylation sites (tertiary alicyclic amines) is 1. The van der Waals surface area contributed by atoms with Crippen LogP contribution in [0.4, 0.5) is 5.69 Å². The quantitative estimate of drug-likeness (QED) is 0.587. The number of benzene rings is 2. The molecule has 2 aromatic carbocycles. The molecule has 3 aromatic rings. The van der Waals surface area contributed by atoms with Crippen LogP contribution in [0.15, 0.2) is 47.4 Å². The summed E-state index contributed by atoms with van der Waals surface area (Å²) in [6.45, 7) is 1.45. The maximum absolute atomic E-state index is 13.7. The van der Waals surface area contributed by atoms with Gasteiger partial charge in [-0.2, -0.15) is 0 Å². The molecule has 0 bridgehead atoms. The highest BCUT2D eigenvalue weighted by Crippen LogP contribution is 2.33. The second kappa shape index (κ2) is 9.57. The summed E-state index contributed by atoms with van der Waals surface area (Å²) < 4.78 is 12.5. The Kier molecular flexibility index (Phi) is 6.58. The molecule has 1 fully saturated rings. The van der Waals surface area contributed by atoms with E-state index in [1.807, 2.05) is 48.2 Å². The summed E-state index contributed by atoms with van der Waals surface area (Å²) in [6, 6.07) is 11.1. The fraction of sp³-hybridized carbons (Fsp3) is 0.385. The number of hydrogen-bond acceptors (Lipinski definition) is 5. The van der Waals surface area contributed by atoms with Crippen LogP contribution in [0.5, 0.6) is 11.5 Å². The molecule has 33 heavy (non-hydrogen) atoms. The Morgan fingerprint density at radius 2 is 1.55 bits per heavy atom. The van der Waals surface area contributed by atoms with Crippen molar-refractivity contribution in [1.29, 1.82) is 0 Å². The van der Waals surface area contributed by atoms with Crippen LogP contribution < -0.4 is 19.9 Å². The zero-order valence-electron chi connectivity index (χ0n) is 19.8. The maximum Gasteiger partial charge on any atom is 0.263 e. The van der Waals surface area contributed by atoms with Gasteiger partial charge in [-0.05, 0) is 43.2 Å². The fourth-order valence-electron chi connectivity index (χ4n) is 4.39. The Balaban J connectivity index is 1.98. The molecular formula is C26H31N3O4. The van der Waals surface area contributed by atoms with Crippen LogP contribution in [-0.2, 0) is 0 Å². The summed E-state index contributed by atoms with van der Waals surface area (Å²) in [5, 5.41) is 0.996. The van der Waals surface area contributed by atoms with E-state index in [9.17, 15) is 9.59 Å². The smallest absolute Gasteiger partial charge is 0.263 e. The van der Waals surface area contributed by atoms with Crippen LogP contribution in [0.25, 0.3) is 16.5 Å². The second-order valence-corrected chi connectivity index (χ2v) is 8.59. The van der Waals surface area contributed by atoms with Gasteiger partial charge in [0.25, 0.3) is 11.5 Å². The molecule has 1 aromatic heterocycles. The van der Waals surface area contributed by atoms with Gasteiger partial charge in [0.15, 0.2) is 11.5 Å². The lowest BCUT2D eigenvalue weighted by Crippen LogP contribution is -2.33. The molecule has 1 amide bonds. The van der Waals surface area contributed by atoms with Crippen molar-refractivity contribution in [2.75, 3.05) is 46.3 Å². The number of ether oxygens (including phenoxy) is 2. The minimum Gasteiger partial charge on any atom is -0.493 e. The van der Waals surface area contributed by atoms with Gasteiger partial charge in [0.2, 0.25) is 0 Å². The lowest BCUT2D eigenvalue weighted by Gasteiger charge is -2.22. The average molecular weight is 450 g/mol. The Hall–Kier alpha value is -3.48. The van der Waals surface area contributed by atoms with Crippen LogP contribution in [0.2, 0.25) is 0 Å². The third-order valence-corrected chi connectivity index (χ3v) is 6.27. The summed E-state index contributed by atoms with van der Waals surface area (Å²) in [6.07, 6.45) is 5.92. The Labute approximate surface area is 194 Å². The molecule has 0 radical (unpaired) electrons. The molecule has 4 rings (SSSR count). The molecule has 174 valence electrons. The highest BCUT2D eigenvalue weighted by Gasteiger charge is 2.23. The molecule has 0 atom stereocenters. The number of carbonyl (C=O) groups excluding carboxylic acids is 1. The first-order valence-electron chi connectivity index (χ1n) is 11.3. The van der Waals surface area contributed by atoms with Gasteiger partial charge in [0, 0.05) is 44.5 Å². The highest BCUT2D eigenvalue weighted by molar-refractivity contribution is 6.07. The number of pyridine rings is 1. The SMILES string of the molecule is COc1cc2c(C(=O)N3CCCCCC3)cn(-c3cccc(N(C)C)c3)c(=O)c2cc1OC. The van der Waals surface area contributed by atoms with E-state index in [4.69, 9.17) is 9.47 Å². The third kappa shape index (κ3) is 4.40. The fourth-order valence-corrected chi connectivity index (χ4v) is 4.39. The average Bonchev–Trinajstić information content (AvgIpc) is 3.13. The summed E-state index contributed by atoms with van der Waals surface area (Å²) in [7, 11) is 6.99. The van der Waals surface area contributed by atoms with Crippen LogP contribution in [-0.4, -0.2) is 56.8 Å². The number of carbonyl (C=O) groups is 1. The molecule has 2 heterocycles. The predicted molar refractivity (Wildman–Crippen MR) is 131 cm³/mol. The van der Waals surface area contributed by atoms with Gasteiger partial charge in [-0.1, -0.05) is 18.9 Å². The summed E-state index contributed by atoms with van der Waals surface area (Å²) in [4.78, 5) is 31.2. The van der Waals surface area contributed by atoms with E-state index in [-0.39, 0.29) is 11.5 Å². The number of hydrogen-bond donors (Lipinski definition) is 0. The van der Waals surface area contributed by atoms with Crippen molar-refractivity contribution in [1.82, 2.24) is 9.47 Å². The summed E-state index contributed by atoms with van der Waals surface area (Å²) in [5.74, 6) is 0.878. The van der Waals surface area contributed by atoms with E-state index in [1.165, 1.54) is 7.11 Å². The molecule has 0 unspecified atom stereocenters. The van der Waals surface area contributed by atoms with E-state index in [0.717, 1.165) is 44.5 Å². The second-order valence-electron chi connectivity index (χ2n) is 8.59. The zero-order chi connectivity index (χ0) is 23.5. The predicted octanol–water partition coefficient (Wildman–Crippen LogP) is 4.09. The number of aromatic nitrogens is 1. The molecule has 0 aliphatic carbocycles. The van der Waals surface area contributed by atoms with Gasteiger partial charge < -0.3 is 19.3 Å². The van der Waals surface area contributed by atoms with Crippen molar-refractivity contribution in [2.45, 2.75) is 25.7 Å². The van der Waals surface area contributed by atoms with Crippen molar-refractivity contribution >= 4 is 22.4 Å². The Morgan fingerprint density at radius 1 is 0.909 bits per heavy atom. The van der Waals surface area contributed by atoms with Crippen molar-refractivity contribution in [2.24, 2.45) is 0 Å². The van der Waals surface area contributed by atoms with E-state index in [1.54, 1.807) is 30.0 Å². The van der Waals surface area contributed by atoms with Crippen LogP contribution >= 0.6 is 0 Å². The van der Waals surface area contributed by atoms with Gasteiger partial charge >= 0.3 is 0 Å². The zero-order valence-corrected chi connectivity index (χ0v) is 19.8. The summed E-state index contributed by atoms with van der Waals surface area (Å²) in [5.41, 5.74) is 1.94. The molecule has 1 aliphatic heterocycles. The van der Waals surface area contributed by atoms with Gasteiger partial charge in [-0.25, -0.2) is 0 Å². The lowest BCUT2D eigenvalue weighted by molar-refractivity contribution is 0.0763. The van der Waals surface area contributed by atoms with E-state index >= 15 is 0 Å². The highest BCUT2D eigenvalue weighted by atomic mass is 16.5. The van der Waals surface area contributed by atoms with Crippen molar-refractivity contribution in [3.63, 3.8) is 0 Å². The van der Waals surface area contributed by atoms with Crippen LogP contribution in [0, 0.1) is 0 Å². The normalized spacial score (nSPS) is 14.1. The van der Waals surface area contributed by atoms with Gasteiger partial charge in [-0.15, -0.1) is 0 Å². The number of methoxy groups -OCH3 is 2. The van der Waals surface area contributed by atoms with Gasteiger partial charge in [0.05, 0.1) is 30.9 Å². The van der Waals surface area contributed by atoms with Crippen molar-refractivity contribution in [3.05, 3.63) is 58.5 Å². The van der Waals surface area contributed by atoms with E-state index in [0.29, 0.717) is 33.5 Å². The van der Waals surface area contributed by atoms with Gasteiger partial charge in [-0.3, -0.25) is 14.2 Å². The Bertz CT molecular complexity index is 1220. The standard InChI is InChI=1S/C26H31N3O4/c1-27(2)18-10-9-11-19(14-18)29-17-22(25(30)28-12-7-5-6-8-13-28)20-15-23(32-3)24(33-4)16-21(20)26(29)31/h9-11,14-17H,5-8,12-13H2,1-4H3. The number of nitrogens with zero attached hydrogens (tertiary/aromatic N) is 3. The third-order valence-electron chi connectivity index (χ3n) is 6.27. The minimum atomic E-state index is -0.214. The molecule has 0 saturated carbocycles. The minimum absolute atomic E-state index is 0.0633. The first kappa shape index (κ1) is 22.7. The van der Waals surface area contributed by atoms with Crippen LogP contribution in [0.1, 0.15) is 36.0 Å². The molecule has 0 N–H and O–H groups in total. The molecule has 0 spiro atoms. The molecular weight excluding hydrogens is 418 g/mol. The summed E-state index contributed by atoms with van der Waals surface area (Å²) >= 11 is 0. The molecule has 1 saturated heterocycles. The van der Waals surface area contributed by atoms with E-state index in [2.05, 4.69) is 0 Å². The monoisotopic (exact) mass is 449 g/mol. The number of fused-ring (bicyclic) bond motifs is 1. The van der Waals surface area contributed by atoms with Crippen molar-refractivity contribution < 1.29 is 14.3 Å².